The van der Waals surface area contributed by atoms with Gasteiger partial charge in [-0.05, 0) is 31.2 Å². The number of hydrogen-bond acceptors (Lipinski definition) is 1. The molecule has 2 rings (SSSR count). The first-order valence-electron chi connectivity index (χ1n) is 5.45. The average molecular weight is 268 g/mol. The Morgan fingerprint density at radius 2 is 1.56 bits per heavy atom. The molecule has 4 heteroatoms. The minimum Gasteiger partial charge on any atom is -0.320 e. The van der Waals surface area contributed by atoms with Gasteiger partial charge in [-0.1, -0.05) is 29.3 Å². The zero-order valence-corrected chi connectivity index (χ0v) is 10.5. The van der Waals surface area contributed by atoms with Crippen LogP contribution in [0.5, 0.6) is 0 Å². The highest BCUT2D eigenvalue weighted by molar-refractivity contribution is 6.30. The molecule has 1 atom stereocenters. The molecule has 0 aliphatic carbocycles. The van der Waals surface area contributed by atoms with Crippen molar-refractivity contribution in [1.29, 1.82) is 0 Å². The Balaban J connectivity index is 2.50. The Hall–Kier alpha value is -1.45. The van der Waals surface area contributed by atoms with Crippen molar-refractivity contribution in [1.82, 2.24) is 0 Å². The number of nitrogens with two attached hydrogens (primary N) is 1. The fraction of sp³-hybridized carbons (Fsp3) is 0.143. The number of aryl methyl sites for hydroxylation is 1. The van der Waals surface area contributed by atoms with Crippen molar-refractivity contribution >= 4 is 11.6 Å². The molecule has 0 bridgehead atoms. The Bertz CT molecular complexity index is 533. The summed E-state index contributed by atoms with van der Waals surface area (Å²) in [6.45, 7) is 1.82. The summed E-state index contributed by atoms with van der Waals surface area (Å²) in [6.07, 6.45) is 0. The molecule has 18 heavy (non-hydrogen) atoms. The molecule has 0 aromatic heterocycles. The average Bonchev–Trinajstić information content (AvgIpc) is 2.34. The summed E-state index contributed by atoms with van der Waals surface area (Å²) in [5, 5.41) is 0.370. The lowest BCUT2D eigenvalue weighted by atomic mass is 9.97. The molecule has 1 nitrogen and oxygen atoms in total. The predicted octanol–water partition coefficient (Wildman–Crippen LogP) is 3.97. The third kappa shape index (κ3) is 2.52. The summed E-state index contributed by atoms with van der Waals surface area (Å²) in [7, 11) is 0. The lowest BCUT2D eigenvalue weighted by molar-refractivity contribution is 0.575. The topological polar surface area (TPSA) is 26.0 Å². The SMILES string of the molecule is Cc1ccc(F)c(C(N)c2cc(Cl)ccc2F)c1. The second-order valence-corrected chi connectivity index (χ2v) is 4.60. The molecule has 0 aliphatic heterocycles. The van der Waals surface area contributed by atoms with Gasteiger partial charge in [0.1, 0.15) is 11.6 Å². The van der Waals surface area contributed by atoms with Gasteiger partial charge in [0, 0.05) is 16.1 Å². The largest absolute Gasteiger partial charge is 0.320 e. The van der Waals surface area contributed by atoms with E-state index in [0.29, 0.717) is 5.02 Å². The monoisotopic (exact) mass is 267 g/mol. The summed E-state index contributed by atoms with van der Waals surface area (Å²) >= 11 is 5.80. The molecule has 1 unspecified atom stereocenters. The standard InChI is InChI=1S/C14H12ClF2N/c1-8-2-4-12(16)10(6-8)14(18)11-7-9(15)3-5-13(11)17/h2-7,14H,18H2,1H3. The van der Waals surface area contributed by atoms with E-state index < -0.39 is 17.7 Å². The molecular weight excluding hydrogens is 256 g/mol. The van der Waals surface area contributed by atoms with Crippen molar-refractivity contribution in [2.45, 2.75) is 13.0 Å². The van der Waals surface area contributed by atoms with Gasteiger partial charge in [0.15, 0.2) is 0 Å². The second-order valence-electron chi connectivity index (χ2n) is 4.17. The zero-order valence-electron chi connectivity index (χ0n) is 9.75. The molecule has 0 radical (unpaired) electrons. The van der Waals surface area contributed by atoms with Crippen molar-refractivity contribution in [3.63, 3.8) is 0 Å². The molecule has 0 spiro atoms. The van der Waals surface area contributed by atoms with E-state index in [9.17, 15) is 8.78 Å². The van der Waals surface area contributed by atoms with Gasteiger partial charge in [-0.25, -0.2) is 8.78 Å². The highest BCUT2D eigenvalue weighted by Crippen LogP contribution is 2.27. The summed E-state index contributed by atoms with van der Waals surface area (Å²) in [4.78, 5) is 0. The summed E-state index contributed by atoms with van der Waals surface area (Å²) < 4.78 is 27.4. The van der Waals surface area contributed by atoms with Crippen molar-refractivity contribution in [2.24, 2.45) is 5.73 Å². The maximum atomic E-state index is 13.7. The molecule has 0 saturated carbocycles. The smallest absolute Gasteiger partial charge is 0.128 e. The molecule has 0 saturated heterocycles. The maximum absolute atomic E-state index is 13.7. The summed E-state index contributed by atoms with van der Waals surface area (Å²) in [5.41, 5.74) is 7.23. The van der Waals surface area contributed by atoms with Gasteiger partial charge in [-0.2, -0.15) is 0 Å². The van der Waals surface area contributed by atoms with Crippen LogP contribution in [0.4, 0.5) is 8.78 Å². The number of rotatable bonds is 2. The van der Waals surface area contributed by atoms with Crippen LogP contribution in [0.1, 0.15) is 22.7 Å². The van der Waals surface area contributed by atoms with E-state index in [1.54, 1.807) is 12.1 Å². The van der Waals surface area contributed by atoms with E-state index in [4.69, 9.17) is 17.3 Å². The third-order valence-electron chi connectivity index (χ3n) is 2.78. The third-order valence-corrected chi connectivity index (χ3v) is 3.01. The maximum Gasteiger partial charge on any atom is 0.128 e. The van der Waals surface area contributed by atoms with Gasteiger partial charge in [-0.15, -0.1) is 0 Å². The molecular formula is C14H12ClF2N. The van der Waals surface area contributed by atoms with E-state index in [1.807, 2.05) is 6.92 Å². The summed E-state index contributed by atoms with van der Waals surface area (Å²) in [5.74, 6) is -0.944. The normalized spacial score (nSPS) is 12.5. The first kappa shape index (κ1) is 13.0. The van der Waals surface area contributed by atoms with Gasteiger partial charge in [0.2, 0.25) is 0 Å². The van der Waals surface area contributed by atoms with Crippen molar-refractivity contribution in [3.05, 3.63) is 69.7 Å². The van der Waals surface area contributed by atoms with Crippen LogP contribution in [-0.2, 0) is 0 Å². The number of benzene rings is 2. The highest BCUT2D eigenvalue weighted by Gasteiger charge is 2.17. The van der Waals surface area contributed by atoms with E-state index in [2.05, 4.69) is 0 Å². The van der Waals surface area contributed by atoms with Crippen molar-refractivity contribution in [3.8, 4) is 0 Å². The molecule has 0 heterocycles. The minimum atomic E-state index is -0.872. The van der Waals surface area contributed by atoms with Crippen LogP contribution in [0.25, 0.3) is 0 Å². The van der Waals surface area contributed by atoms with Crippen LogP contribution in [0.2, 0.25) is 5.02 Å². The Kier molecular flexibility index (Phi) is 3.64. The lowest BCUT2D eigenvalue weighted by Crippen LogP contribution is -2.15. The molecule has 0 amide bonds. The zero-order chi connectivity index (χ0) is 13.3. The minimum absolute atomic E-state index is 0.187. The van der Waals surface area contributed by atoms with Crippen LogP contribution in [0, 0.1) is 18.6 Å². The number of halogens is 3. The first-order valence-corrected chi connectivity index (χ1v) is 5.83. The van der Waals surface area contributed by atoms with Crippen LogP contribution in [0.15, 0.2) is 36.4 Å². The second kappa shape index (κ2) is 5.04. The van der Waals surface area contributed by atoms with E-state index in [1.165, 1.54) is 24.3 Å². The van der Waals surface area contributed by atoms with Crippen LogP contribution in [0.3, 0.4) is 0 Å². The molecule has 2 N–H and O–H groups in total. The van der Waals surface area contributed by atoms with E-state index in [-0.39, 0.29) is 11.1 Å². The van der Waals surface area contributed by atoms with E-state index >= 15 is 0 Å². The van der Waals surface area contributed by atoms with Gasteiger partial charge in [0.25, 0.3) is 0 Å². The van der Waals surface area contributed by atoms with Gasteiger partial charge in [-0.3, -0.25) is 0 Å². The van der Waals surface area contributed by atoms with Crippen molar-refractivity contribution in [2.75, 3.05) is 0 Å². The van der Waals surface area contributed by atoms with Crippen LogP contribution < -0.4 is 5.73 Å². The Morgan fingerprint density at radius 3 is 2.22 bits per heavy atom. The molecule has 94 valence electrons. The fourth-order valence-electron chi connectivity index (χ4n) is 1.82. The lowest BCUT2D eigenvalue weighted by Gasteiger charge is -2.15. The summed E-state index contributed by atoms with van der Waals surface area (Å²) in [6, 6.07) is 7.78. The fourth-order valence-corrected chi connectivity index (χ4v) is 2.00. The van der Waals surface area contributed by atoms with Gasteiger partial charge < -0.3 is 5.73 Å². The quantitative estimate of drug-likeness (QED) is 0.875. The van der Waals surface area contributed by atoms with Crippen LogP contribution >= 0.6 is 11.6 Å². The Labute approximate surface area is 109 Å². The number of hydrogen-bond donors (Lipinski definition) is 1. The van der Waals surface area contributed by atoms with Gasteiger partial charge in [0.05, 0.1) is 6.04 Å². The molecule has 2 aromatic carbocycles. The molecule has 2 aromatic rings. The predicted molar refractivity (Wildman–Crippen MR) is 68.6 cm³/mol. The van der Waals surface area contributed by atoms with Crippen molar-refractivity contribution < 1.29 is 8.78 Å². The molecule has 0 aliphatic rings. The van der Waals surface area contributed by atoms with Crippen LogP contribution in [-0.4, -0.2) is 0 Å². The van der Waals surface area contributed by atoms with E-state index in [0.717, 1.165) is 5.56 Å². The first-order chi connectivity index (χ1) is 8.49. The molecule has 0 fully saturated rings. The highest BCUT2D eigenvalue weighted by atomic mass is 35.5. The Morgan fingerprint density at radius 1 is 1.00 bits per heavy atom. The van der Waals surface area contributed by atoms with Gasteiger partial charge >= 0.3 is 0 Å².